The van der Waals surface area contributed by atoms with E-state index in [1.807, 2.05) is 0 Å². The van der Waals surface area contributed by atoms with Gasteiger partial charge in [0.1, 0.15) is 11.7 Å². The van der Waals surface area contributed by atoms with E-state index in [1.54, 1.807) is 0 Å². The molecule has 0 aliphatic heterocycles. The first-order valence-electron chi connectivity index (χ1n) is 5.48. The van der Waals surface area contributed by atoms with Crippen molar-refractivity contribution in [1.82, 2.24) is 0 Å². The van der Waals surface area contributed by atoms with Crippen molar-refractivity contribution in [2.24, 2.45) is 17.3 Å². The lowest BCUT2D eigenvalue weighted by Crippen LogP contribution is -2.41. The largest absolute Gasteiger partial charge is 0.468 e. The smallest absolute Gasteiger partial charge is 0.316 e. The molecule has 86 valence electrons. The molecule has 0 aromatic heterocycles. The van der Waals surface area contributed by atoms with Crippen LogP contribution in [0.15, 0.2) is 0 Å². The van der Waals surface area contributed by atoms with Crippen LogP contribution < -0.4 is 0 Å². The number of rotatable bonds is 1. The van der Waals surface area contributed by atoms with Gasteiger partial charge in [0.05, 0.1) is 7.11 Å². The maximum absolute atomic E-state index is 11.8. The van der Waals surface area contributed by atoms with Crippen molar-refractivity contribution in [3.05, 3.63) is 0 Å². The van der Waals surface area contributed by atoms with Crippen molar-refractivity contribution in [3.8, 4) is 0 Å². The summed E-state index contributed by atoms with van der Waals surface area (Å²) in [6.07, 6.45) is 2.36. The van der Waals surface area contributed by atoms with Crippen LogP contribution >= 0.6 is 0 Å². The number of carbonyl (C=O) groups excluding carboxylic acids is 2. The Balaban J connectivity index is 2.92. The molecule has 0 amide bonds. The second-order valence-electron chi connectivity index (χ2n) is 5.33. The molecule has 0 heterocycles. The second kappa shape index (κ2) is 4.33. The van der Waals surface area contributed by atoms with Gasteiger partial charge in [0, 0.05) is 6.42 Å². The third-order valence-electron chi connectivity index (χ3n) is 3.26. The van der Waals surface area contributed by atoms with Gasteiger partial charge in [-0.1, -0.05) is 20.8 Å². The van der Waals surface area contributed by atoms with Crippen molar-refractivity contribution < 1.29 is 14.3 Å². The van der Waals surface area contributed by atoms with Crippen LogP contribution in [0.1, 0.15) is 40.0 Å². The number of carbonyl (C=O) groups is 2. The first-order valence-corrected chi connectivity index (χ1v) is 5.48. The van der Waals surface area contributed by atoms with Gasteiger partial charge in [-0.2, -0.15) is 0 Å². The zero-order valence-electron chi connectivity index (χ0n) is 10.0. The van der Waals surface area contributed by atoms with Crippen LogP contribution in [0.5, 0.6) is 0 Å². The van der Waals surface area contributed by atoms with E-state index in [2.05, 4.69) is 20.8 Å². The van der Waals surface area contributed by atoms with Crippen molar-refractivity contribution in [3.63, 3.8) is 0 Å². The molecule has 1 aliphatic carbocycles. The molecule has 3 heteroatoms. The summed E-state index contributed by atoms with van der Waals surface area (Å²) in [6, 6.07) is 0. The van der Waals surface area contributed by atoms with Crippen molar-refractivity contribution >= 4 is 11.8 Å². The molecule has 1 saturated carbocycles. The number of hydrogen-bond acceptors (Lipinski definition) is 3. The molecule has 0 aromatic carbocycles. The maximum Gasteiger partial charge on any atom is 0.316 e. The molecule has 0 spiro atoms. The summed E-state index contributed by atoms with van der Waals surface area (Å²) in [6.45, 7) is 6.23. The van der Waals surface area contributed by atoms with E-state index in [0.29, 0.717) is 6.42 Å². The number of ketones is 1. The summed E-state index contributed by atoms with van der Waals surface area (Å²) in [4.78, 5) is 23.3. The summed E-state index contributed by atoms with van der Waals surface area (Å²) in [7, 11) is 1.35. The number of esters is 1. The van der Waals surface area contributed by atoms with Gasteiger partial charge >= 0.3 is 5.97 Å². The highest BCUT2D eigenvalue weighted by Gasteiger charge is 2.43. The zero-order valence-corrected chi connectivity index (χ0v) is 10.0. The van der Waals surface area contributed by atoms with Gasteiger partial charge in [0.25, 0.3) is 0 Å². The Morgan fingerprint density at radius 1 is 1.40 bits per heavy atom. The average Bonchev–Trinajstić information content (AvgIpc) is 2.15. The van der Waals surface area contributed by atoms with E-state index < -0.39 is 5.92 Å². The molecule has 0 bridgehead atoms. The van der Waals surface area contributed by atoms with Gasteiger partial charge in [0.2, 0.25) is 0 Å². The second-order valence-corrected chi connectivity index (χ2v) is 5.33. The summed E-state index contributed by atoms with van der Waals surface area (Å²) in [5.41, 5.74) is -0.0189. The fraction of sp³-hybridized carbons (Fsp3) is 0.833. The van der Waals surface area contributed by atoms with Crippen LogP contribution in [0.3, 0.4) is 0 Å². The predicted octanol–water partition coefficient (Wildman–Crippen LogP) is 2.19. The summed E-state index contributed by atoms with van der Waals surface area (Å²) >= 11 is 0. The molecular formula is C12H20O3. The van der Waals surface area contributed by atoms with Crippen LogP contribution in [0.25, 0.3) is 0 Å². The monoisotopic (exact) mass is 212 g/mol. The molecule has 2 unspecified atom stereocenters. The average molecular weight is 212 g/mol. The molecular weight excluding hydrogens is 192 g/mol. The molecule has 0 N–H and O–H groups in total. The minimum Gasteiger partial charge on any atom is -0.468 e. The molecule has 0 aromatic rings. The highest BCUT2D eigenvalue weighted by atomic mass is 16.5. The Morgan fingerprint density at radius 2 is 2.00 bits per heavy atom. The fourth-order valence-corrected chi connectivity index (χ4v) is 2.40. The van der Waals surface area contributed by atoms with Crippen LogP contribution in [0.4, 0.5) is 0 Å². The molecule has 1 rings (SSSR count). The van der Waals surface area contributed by atoms with Crippen molar-refractivity contribution in [1.29, 1.82) is 0 Å². The molecule has 2 atom stereocenters. The van der Waals surface area contributed by atoms with E-state index in [1.165, 1.54) is 7.11 Å². The first kappa shape index (κ1) is 12.2. The van der Waals surface area contributed by atoms with Crippen LogP contribution in [0.2, 0.25) is 0 Å². The number of ether oxygens (including phenoxy) is 1. The Bertz CT molecular complexity index is 255. The van der Waals surface area contributed by atoms with E-state index >= 15 is 0 Å². The van der Waals surface area contributed by atoms with Gasteiger partial charge < -0.3 is 4.74 Å². The van der Waals surface area contributed by atoms with E-state index in [9.17, 15) is 9.59 Å². The predicted molar refractivity (Wildman–Crippen MR) is 57.3 cm³/mol. The number of hydrogen-bond donors (Lipinski definition) is 0. The standard InChI is InChI=1S/C12H20O3/c1-12(2,3)8-6-5-7-9(13)10(8)11(14)15-4/h8,10H,5-7H2,1-4H3. The molecule has 0 saturated heterocycles. The highest BCUT2D eigenvalue weighted by molar-refractivity contribution is 5.99. The summed E-state index contributed by atoms with van der Waals surface area (Å²) in [5.74, 6) is -0.734. The quantitative estimate of drug-likeness (QED) is 0.494. The normalized spacial score (nSPS) is 27.6. The molecule has 0 radical (unpaired) electrons. The Kier molecular flexibility index (Phi) is 3.53. The number of Topliss-reactive ketones (excluding diaryl/α,β-unsaturated/α-hetero) is 1. The summed E-state index contributed by atoms with van der Waals surface area (Å²) < 4.78 is 4.73. The van der Waals surface area contributed by atoms with E-state index in [4.69, 9.17) is 4.74 Å². The Hall–Kier alpha value is -0.860. The fourth-order valence-electron chi connectivity index (χ4n) is 2.40. The minimum atomic E-state index is -0.538. The van der Waals surface area contributed by atoms with Gasteiger partial charge in [-0.05, 0) is 24.2 Å². The minimum absolute atomic E-state index is 0.0189. The van der Waals surface area contributed by atoms with Crippen LogP contribution in [0, 0.1) is 17.3 Å². The topological polar surface area (TPSA) is 43.4 Å². The molecule has 3 nitrogen and oxygen atoms in total. The zero-order chi connectivity index (χ0) is 11.6. The van der Waals surface area contributed by atoms with Gasteiger partial charge in [-0.15, -0.1) is 0 Å². The van der Waals surface area contributed by atoms with E-state index in [-0.39, 0.29) is 23.1 Å². The summed E-state index contributed by atoms with van der Waals surface area (Å²) in [5, 5.41) is 0. The third kappa shape index (κ3) is 2.58. The van der Waals surface area contributed by atoms with Gasteiger partial charge in [-0.25, -0.2) is 0 Å². The van der Waals surface area contributed by atoms with Crippen molar-refractivity contribution in [2.75, 3.05) is 7.11 Å². The van der Waals surface area contributed by atoms with Gasteiger partial charge in [0.15, 0.2) is 0 Å². The maximum atomic E-state index is 11.8. The highest BCUT2D eigenvalue weighted by Crippen LogP contribution is 2.40. The van der Waals surface area contributed by atoms with Crippen LogP contribution in [-0.2, 0) is 14.3 Å². The van der Waals surface area contributed by atoms with Crippen LogP contribution in [-0.4, -0.2) is 18.9 Å². The third-order valence-corrected chi connectivity index (χ3v) is 3.26. The number of methoxy groups -OCH3 is 1. The molecule has 1 fully saturated rings. The lowest BCUT2D eigenvalue weighted by molar-refractivity contribution is -0.155. The lowest BCUT2D eigenvalue weighted by atomic mass is 9.66. The molecule has 1 aliphatic rings. The van der Waals surface area contributed by atoms with E-state index in [0.717, 1.165) is 12.8 Å². The first-order chi connectivity index (χ1) is 6.88. The Morgan fingerprint density at radius 3 is 2.47 bits per heavy atom. The SMILES string of the molecule is COC(=O)C1C(=O)CCCC1C(C)(C)C. The van der Waals surface area contributed by atoms with Gasteiger partial charge in [-0.3, -0.25) is 9.59 Å². The van der Waals surface area contributed by atoms with Crippen molar-refractivity contribution in [2.45, 2.75) is 40.0 Å². The lowest BCUT2D eigenvalue weighted by Gasteiger charge is -2.37. The molecule has 15 heavy (non-hydrogen) atoms. The Labute approximate surface area is 91.2 Å².